The van der Waals surface area contributed by atoms with E-state index in [1.807, 2.05) is 0 Å². The smallest absolute Gasteiger partial charge is 0.335 e. The molecule has 0 saturated heterocycles. The second-order valence-corrected chi connectivity index (χ2v) is 6.29. The highest BCUT2D eigenvalue weighted by atomic mass is 32.2. The van der Waals surface area contributed by atoms with Crippen molar-refractivity contribution in [1.29, 1.82) is 0 Å². The Morgan fingerprint density at radius 1 is 1.18 bits per heavy atom. The average Bonchev–Trinajstić information content (AvgIpc) is 2.47. The number of carboxylic acid groups (broad SMARTS) is 1. The maximum atomic E-state index is 12.2. The second kappa shape index (κ2) is 6.48. The number of methoxy groups -OCH3 is 1. The zero-order valence-corrected chi connectivity index (χ0v) is 12.6. The maximum absolute atomic E-state index is 12.2. The summed E-state index contributed by atoms with van der Waals surface area (Å²) in [4.78, 5) is 11.0. The van der Waals surface area contributed by atoms with E-state index in [2.05, 4.69) is 4.72 Å². The van der Waals surface area contributed by atoms with E-state index in [4.69, 9.17) is 9.84 Å². The summed E-state index contributed by atoms with van der Waals surface area (Å²) in [5.74, 6) is -1.11. The summed E-state index contributed by atoms with van der Waals surface area (Å²) in [6, 6.07) is 12.7. The van der Waals surface area contributed by atoms with E-state index in [-0.39, 0.29) is 22.8 Å². The molecule has 0 atom stereocenters. The van der Waals surface area contributed by atoms with Gasteiger partial charge in [0.05, 0.1) is 24.1 Å². The van der Waals surface area contributed by atoms with Gasteiger partial charge in [-0.25, -0.2) is 13.2 Å². The highest BCUT2D eigenvalue weighted by Gasteiger charge is 2.16. The molecule has 2 rings (SSSR count). The van der Waals surface area contributed by atoms with Gasteiger partial charge in [-0.1, -0.05) is 30.3 Å². The first kappa shape index (κ1) is 15.8. The zero-order chi connectivity index (χ0) is 16.2. The van der Waals surface area contributed by atoms with Gasteiger partial charge in [-0.15, -0.1) is 0 Å². The van der Waals surface area contributed by atoms with Crippen LogP contribution in [0.1, 0.15) is 15.9 Å². The number of hydrogen-bond donors (Lipinski definition) is 2. The molecule has 0 fully saturated rings. The first-order valence-corrected chi connectivity index (χ1v) is 8.02. The molecule has 0 aliphatic carbocycles. The van der Waals surface area contributed by atoms with Crippen LogP contribution in [0.5, 0.6) is 5.75 Å². The lowest BCUT2D eigenvalue weighted by Crippen LogP contribution is -2.16. The van der Waals surface area contributed by atoms with Crippen molar-refractivity contribution in [3.05, 3.63) is 59.7 Å². The molecule has 0 bridgehead atoms. The van der Waals surface area contributed by atoms with Gasteiger partial charge in [-0.05, 0) is 23.8 Å². The zero-order valence-electron chi connectivity index (χ0n) is 11.8. The van der Waals surface area contributed by atoms with Crippen molar-refractivity contribution in [1.82, 2.24) is 0 Å². The second-order valence-electron chi connectivity index (χ2n) is 4.57. The molecule has 0 aromatic heterocycles. The molecular weight excluding hydrogens is 306 g/mol. The van der Waals surface area contributed by atoms with Gasteiger partial charge in [0, 0.05) is 0 Å². The lowest BCUT2D eigenvalue weighted by Gasteiger charge is -2.12. The topological polar surface area (TPSA) is 92.7 Å². The molecule has 2 aromatic rings. The normalized spacial score (nSPS) is 11.0. The lowest BCUT2D eigenvalue weighted by atomic mass is 10.2. The molecule has 0 unspecified atom stereocenters. The summed E-state index contributed by atoms with van der Waals surface area (Å²) in [5, 5.41) is 8.99. The van der Waals surface area contributed by atoms with Crippen molar-refractivity contribution in [2.45, 2.75) is 5.75 Å². The van der Waals surface area contributed by atoms with Gasteiger partial charge >= 0.3 is 5.97 Å². The van der Waals surface area contributed by atoms with Crippen molar-refractivity contribution in [2.24, 2.45) is 0 Å². The first-order valence-electron chi connectivity index (χ1n) is 6.37. The Morgan fingerprint density at radius 3 is 2.45 bits per heavy atom. The number of hydrogen-bond acceptors (Lipinski definition) is 4. The number of sulfonamides is 1. The highest BCUT2D eigenvalue weighted by Crippen LogP contribution is 2.27. The van der Waals surface area contributed by atoms with E-state index < -0.39 is 16.0 Å². The van der Waals surface area contributed by atoms with Gasteiger partial charge in [-0.3, -0.25) is 4.72 Å². The predicted octanol–water partition coefficient (Wildman–Crippen LogP) is 2.34. The molecule has 0 amide bonds. The number of aromatic carboxylic acids is 1. The largest absolute Gasteiger partial charge is 0.495 e. The Morgan fingerprint density at radius 2 is 1.86 bits per heavy atom. The van der Waals surface area contributed by atoms with E-state index in [0.717, 1.165) is 0 Å². The Hall–Kier alpha value is -2.54. The molecule has 7 heteroatoms. The molecule has 22 heavy (non-hydrogen) atoms. The van der Waals surface area contributed by atoms with Crippen LogP contribution >= 0.6 is 0 Å². The first-order chi connectivity index (χ1) is 10.4. The fourth-order valence-electron chi connectivity index (χ4n) is 1.92. The standard InChI is InChI=1S/C15H15NO5S/c1-21-14-8-7-12(15(17)18)9-13(14)16-22(19,20)10-11-5-3-2-4-6-11/h2-9,16H,10H2,1H3,(H,17,18). The molecular formula is C15H15NO5S. The third-order valence-electron chi connectivity index (χ3n) is 2.91. The molecule has 0 aliphatic rings. The van der Waals surface area contributed by atoms with Crippen LogP contribution in [0.4, 0.5) is 5.69 Å². The lowest BCUT2D eigenvalue weighted by molar-refractivity contribution is 0.0697. The van der Waals surface area contributed by atoms with Gasteiger partial charge in [-0.2, -0.15) is 0 Å². The van der Waals surface area contributed by atoms with E-state index in [9.17, 15) is 13.2 Å². The van der Waals surface area contributed by atoms with Crippen LogP contribution in [0, 0.1) is 0 Å². The van der Waals surface area contributed by atoms with E-state index in [0.29, 0.717) is 5.56 Å². The minimum Gasteiger partial charge on any atom is -0.495 e. The molecule has 116 valence electrons. The summed E-state index contributed by atoms with van der Waals surface area (Å²) in [7, 11) is -2.31. The summed E-state index contributed by atoms with van der Waals surface area (Å²) in [6.45, 7) is 0. The molecule has 0 spiro atoms. The Balaban J connectivity index is 2.28. The molecule has 0 aliphatic heterocycles. The molecule has 2 N–H and O–H groups in total. The molecule has 0 heterocycles. The van der Waals surface area contributed by atoms with Gasteiger partial charge in [0.2, 0.25) is 10.0 Å². The van der Waals surface area contributed by atoms with E-state index >= 15 is 0 Å². The average molecular weight is 321 g/mol. The SMILES string of the molecule is COc1ccc(C(=O)O)cc1NS(=O)(=O)Cc1ccccc1. The maximum Gasteiger partial charge on any atom is 0.335 e. The minimum atomic E-state index is -3.69. The fourth-order valence-corrected chi connectivity index (χ4v) is 3.12. The summed E-state index contributed by atoms with van der Waals surface area (Å²) in [6.07, 6.45) is 0. The number of ether oxygens (including phenoxy) is 1. The van der Waals surface area contributed by atoms with Crippen molar-refractivity contribution < 1.29 is 23.1 Å². The van der Waals surface area contributed by atoms with Crippen LogP contribution in [0.3, 0.4) is 0 Å². The van der Waals surface area contributed by atoms with Gasteiger partial charge in [0.25, 0.3) is 0 Å². The number of rotatable bonds is 6. The number of nitrogens with one attached hydrogen (secondary N) is 1. The number of benzene rings is 2. The quantitative estimate of drug-likeness (QED) is 0.852. The Kier molecular flexibility index (Phi) is 4.67. The Labute approximate surface area is 128 Å². The van der Waals surface area contributed by atoms with Crippen LogP contribution < -0.4 is 9.46 Å². The predicted molar refractivity (Wildman–Crippen MR) is 82.6 cm³/mol. The van der Waals surface area contributed by atoms with Gasteiger partial charge in [0.15, 0.2) is 0 Å². The Bertz CT molecular complexity index is 772. The fraction of sp³-hybridized carbons (Fsp3) is 0.133. The van der Waals surface area contributed by atoms with Crippen LogP contribution in [0.15, 0.2) is 48.5 Å². The number of carbonyl (C=O) groups is 1. The number of anilines is 1. The van der Waals surface area contributed by atoms with Crippen LogP contribution in [0.2, 0.25) is 0 Å². The van der Waals surface area contributed by atoms with E-state index in [1.54, 1.807) is 30.3 Å². The molecule has 0 saturated carbocycles. The minimum absolute atomic E-state index is 0.0294. The van der Waals surface area contributed by atoms with Crippen LogP contribution in [-0.2, 0) is 15.8 Å². The third-order valence-corrected chi connectivity index (χ3v) is 4.16. The van der Waals surface area contributed by atoms with Crippen molar-refractivity contribution in [2.75, 3.05) is 11.8 Å². The van der Waals surface area contributed by atoms with Gasteiger partial charge in [0.1, 0.15) is 5.75 Å². The van der Waals surface area contributed by atoms with Crippen LogP contribution in [-0.4, -0.2) is 26.6 Å². The van der Waals surface area contributed by atoms with Crippen molar-refractivity contribution in [3.63, 3.8) is 0 Å². The molecule has 2 aromatic carbocycles. The molecule has 6 nitrogen and oxygen atoms in total. The highest BCUT2D eigenvalue weighted by molar-refractivity contribution is 7.91. The number of carboxylic acids is 1. The van der Waals surface area contributed by atoms with Crippen molar-refractivity contribution >= 4 is 21.7 Å². The summed E-state index contributed by atoms with van der Waals surface area (Å²) < 4.78 is 31.8. The summed E-state index contributed by atoms with van der Waals surface area (Å²) >= 11 is 0. The third kappa shape index (κ3) is 3.98. The monoisotopic (exact) mass is 321 g/mol. The van der Waals surface area contributed by atoms with Crippen LogP contribution in [0.25, 0.3) is 0 Å². The summed E-state index contributed by atoms with van der Waals surface area (Å²) in [5.41, 5.74) is 0.694. The molecule has 0 radical (unpaired) electrons. The van der Waals surface area contributed by atoms with E-state index in [1.165, 1.54) is 25.3 Å². The van der Waals surface area contributed by atoms with Gasteiger partial charge < -0.3 is 9.84 Å². The van der Waals surface area contributed by atoms with Crippen molar-refractivity contribution in [3.8, 4) is 5.75 Å².